The Morgan fingerprint density at radius 2 is 2.53 bits per heavy atom. The first-order valence-electron chi connectivity index (χ1n) is 5.64. The Hall–Kier alpha value is -1.61. The molecule has 1 rings (SSSR count). The van der Waals surface area contributed by atoms with Crippen molar-refractivity contribution in [3.8, 4) is 0 Å². The first-order chi connectivity index (χ1) is 9.13. The Morgan fingerprint density at radius 1 is 1.74 bits per heavy atom. The first-order valence-corrected chi connectivity index (χ1v) is 6.79. The van der Waals surface area contributed by atoms with Gasteiger partial charge in [0.2, 0.25) is 0 Å². The molecule has 106 valence electrons. The zero-order valence-electron chi connectivity index (χ0n) is 10.9. The minimum atomic E-state index is -0.453. The highest BCUT2D eigenvalue weighted by atomic mass is 32.2. The minimum absolute atomic E-state index is 0.226. The summed E-state index contributed by atoms with van der Waals surface area (Å²) in [6, 6.07) is 0. The smallest absolute Gasteiger partial charge is 0.262 e. The summed E-state index contributed by atoms with van der Waals surface area (Å²) in [5.74, 6) is 1.79. The summed E-state index contributed by atoms with van der Waals surface area (Å²) in [5.41, 5.74) is 4.49. The van der Waals surface area contributed by atoms with Crippen LogP contribution in [0.4, 0.5) is 0 Å². The third-order valence-electron chi connectivity index (χ3n) is 2.21. The maximum Gasteiger partial charge on any atom is 0.262 e. The van der Waals surface area contributed by atoms with Gasteiger partial charge in [-0.3, -0.25) is 19.9 Å². The highest BCUT2D eigenvalue weighted by Crippen LogP contribution is 2.11. The van der Waals surface area contributed by atoms with E-state index in [4.69, 9.17) is 0 Å². The second kappa shape index (κ2) is 8.48. The zero-order valence-corrected chi connectivity index (χ0v) is 11.7. The molecule has 0 aliphatic heterocycles. The number of hydroxylamine groups is 1. The molecule has 0 saturated carbocycles. The Kier molecular flexibility index (Phi) is 6.90. The van der Waals surface area contributed by atoms with Crippen molar-refractivity contribution in [3.63, 3.8) is 0 Å². The summed E-state index contributed by atoms with van der Waals surface area (Å²) in [5, 5.41) is 10.4. The Balaban J connectivity index is 2.27. The predicted molar refractivity (Wildman–Crippen MR) is 73.8 cm³/mol. The van der Waals surface area contributed by atoms with E-state index in [-0.39, 0.29) is 12.4 Å². The van der Waals surface area contributed by atoms with Gasteiger partial charge in [0.05, 0.1) is 25.7 Å². The number of nitro groups is 1. The third-order valence-corrected chi connectivity index (χ3v) is 3.16. The molecular formula is C10H17N5O3S. The molecule has 19 heavy (non-hydrogen) atoms. The molecule has 8 nitrogen and oxygen atoms in total. The van der Waals surface area contributed by atoms with Crippen LogP contribution in [-0.2, 0) is 10.6 Å². The van der Waals surface area contributed by atoms with Gasteiger partial charge in [-0.1, -0.05) is 0 Å². The van der Waals surface area contributed by atoms with E-state index in [9.17, 15) is 10.1 Å². The van der Waals surface area contributed by atoms with Crippen LogP contribution >= 0.6 is 11.8 Å². The first kappa shape index (κ1) is 15.4. The molecule has 0 aliphatic rings. The van der Waals surface area contributed by atoms with Crippen molar-refractivity contribution in [1.29, 1.82) is 0 Å². The number of nitrogens with one attached hydrogen (secondary N) is 2. The van der Waals surface area contributed by atoms with Gasteiger partial charge in [-0.2, -0.15) is 11.8 Å². The summed E-state index contributed by atoms with van der Waals surface area (Å²) in [6.07, 6.45) is 1.67. The number of hydrogen-bond donors (Lipinski definition) is 2. The minimum Gasteiger partial charge on any atom is -0.348 e. The van der Waals surface area contributed by atoms with Gasteiger partial charge in [-0.05, 0) is 6.92 Å². The molecule has 0 radical (unpaired) electrons. The van der Waals surface area contributed by atoms with E-state index in [0.29, 0.717) is 6.54 Å². The number of imidazole rings is 1. The van der Waals surface area contributed by atoms with Crippen molar-refractivity contribution in [2.45, 2.75) is 12.7 Å². The molecule has 0 aromatic carbocycles. The summed E-state index contributed by atoms with van der Waals surface area (Å²) in [6.45, 7) is 2.10. The van der Waals surface area contributed by atoms with E-state index < -0.39 is 4.92 Å². The molecule has 0 atom stereocenters. The molecule has 0 amide bonds. The van der Waals surface area contributed by atoms with E-state index in [2.05, 4.69) is 25.3 Å². The fourth-order valence-electron chi connectivity index (χ4n) is 1.30. The van der Waals surface area contributed by atoms with Gasteiger partial charge in [-0.15, -0.1) is 0 Å². The number of rotatable bonds is 8. The largest absolute Gasteiger partial charge is 0.348 e. The zero-order chi connectivity index (χ0) is 14.1. The van der Waals surface area contributed by atoms with Crippen LogP contribution in [0.25, 0.3) is 0 Å². The van der Waals surface area contributed by atoms with Gasteiger partial charge < -0.3 is 4.98 Å². The number of aryl methyl sites for hydroxylation is 1. The molecule has 0 saturated heterocycles. The van der Waals surface area contributed by atoms with E-state index in [0.717, 1.165) is 22.9 Å². The van der Waals surface area contributed by atoms with Crippen molar-refractivity contribution >= 4 is 17.6 Å². The average Bonchev–Trinajstić information content (AvgIpc) is 2.74. The Labute approximate surface area is 115 Å². The highest BCUT2D eigenvalue weighted by Gasteiger charge is 2.06. The maximum absolute atomic E-state index is 10.4. The second-order valence-corrected chi connectivity index (χ2v) is 4.76. The van der Waals surface area contributed by atoms with Crippen molar-refractivity contribution in [2.24, 2.45) is 4.99 Å². The van der Waals surface area contributed by atoms with Crippen LogP contribution in [0.2, 0.25) is 0 Å². The Morgan fingerprint density at radius 3 is 3.11 bits per heavy atom. The number of thioether (sulfide) groups is 1. The molecule has 2 N–H and O–H groups in total. The van der Waals surface area contributed by atoms with Crippen molar-refractivity contribution in [2.75, 3.05) is 26.0 Å². The van der Waals surface area contributed by atoms with E-state index in [1.54, 1.807) is 18.1 Å². The number of hydrogen-bond acceptors (Lipinski definition) is 6. The normalized spacial score (nSPS) is 11.6. The van der Waals surface area contributed by atoms with Gasteiger partial charge in [0.1, 0.15) is 0 Å². The van der Waals surface area contributed by atoms with Crippen LogP contribution in [0.1, 0.15) is 11.4 Å². The summed E-state index contributed by atoms with van der Waals surface area (Å²) < 4.78 is 0. The molecule has 0 bridgehead atoms. The van der Waals surface area contributed by atoms with E-state index in [1.165, 1.54) is 7.11 Å². The van der Waals surface area contributed by atoms with Crippen molar-refractivity contribution in [3.05, 3.63) is 27.8 Å². The SMILES string of the molecule is CONC(C[N+](=O)[O-])=NCCSCc1nc[nH]c1C. The standard InChI is InChI=1S/C10H17N5O3S/c1-8-9(13-7-12-8)6-19-4-3-11-10(14-18-2)5-15(16)17/h7H,3-6H2,1-2H3,(H,11,14)(H,12,13). The lowest BCUT2D eigenvalue weighted by Crippen LogP contribution is -2.29. The van der Waals surface area contributed by atoms with Crippen LogP contribution in [0, 0.1) is 17.0 Å². The van der Waals surface area contributed by atoms with Crippen molar-refractivity contribution in [1.82, 2.24) is 15.4 Å². The molecule has 0 unspecified atom stereocenters. The molecule has 1 aromatic heterocycles. The molecular weight excluding hydrogens is 270 g/mol. The van der Waals surface area contributed by atoms with Crippen LogP contribution in [0.3, 0.4) is 0 Å². The summed E-state index contributed by atoms with van der Waals surface area (Å²) in [7, 11) is 1.39. The number of nitrogens with zero attached hydrogens (tertiary/aromatic N) is 3. The van der Waals surface area contributed by atoms with Crippen LogP contribution in [0.5, 0.6) is 0 Å². The third kappa shape index (κ3) is 6.20. The van der Waals surface area contributed by atoms with Gasteiger partial charge in [0.25, 0.3) is 6.54 Å². The summed E-state index contributed by atoms with van der Waals surface area (Å²) in [4.78, 5) is 25.8. The number of aromatic nitrogens is 2. The average molecular weight is 287 g/mol. The second-order valence-electron chi connectivity index (χ2n) is 3.65. The molecule has 0 spiro atoms. The van der Waals surface area contributed by atoms with E-state index in [1.807, 2.05) is 6.92 Å². The number of amidine groups is 1. The fourth-order valence-corrected chi connectivity index (χ4v) is 2.15. The van der Waals surface area contributed by atoms with Gasteiger partial charge in [0.15, 0.2) is 5.84 Å². The maximum atomic E-state index is 10.4. The van der Waals surface area contributed by atoms with Gasteiger partial charge in [-0.25, -0.2) is 10.5 Å². The van der Waals surface area contributed by atoms with Crippen LogP contribution in [0.15, 0.2) is 11.3 Å². The molecule has 0 fully saturated rings. The molecule has 1 heterocycles. The van der Waals surface area contributed by atoms with Gasteiger partial charge >= 0.3 is 0 Å². The highest BCUT2D eigenvalue weighted by molar-refractivity contribution is 7.98. The van der Waals surface area contributed by atoms with E-state index >= 15 is 0 Å². The quantitative estimate of drug-likeness (QED) is 0.241. The predicted octanol–water partition coefficient (Wildman–Crippen LogP) is 0.778. The molecule has 0 aliphatic carbocycles. The van der Waals surface area contributed by atoms with Crippen LogP contribution in [-0.4, -0.2) is 46.7 Å². The van der Waals surface area contributed by atoms with Gasteiger partial charge in [0, 0.05) is 22.1 Å². The topological polar surface area (TPSA) is 105 Å². The lowest BCUT2D eigenvalue weighted by molar-refractivity contribution is -0.464. The lowest BCUT2D eigenvalue weighted by Gasteiger charge is -2.03. The number of H-pyrrole nitrogens is 1. The molecule has 1 aromatic rings. The lowest BCUT2D eigenvalue weighted by atomic mass is 10.4. The monoisotopic (exact) mass is 287 g/mol. The van der Waals surface area contributed by atoms with Crippen molar-refractivity contribution < 1.29 is 9.76 Å². The fraction of sp³-hybridized carbons (Fsp3) is 0.600. The summed E-state index contributed by atoms with van der Waals surface area (Å²) >= 11 is 1.68. The molecule has 9 heteroatoms. The number of aromatic amines is 1. The number of aliphatic imine (C=N–C) groups is 1. The Bertz CT molecular complexity index is 435. The van der Waals surface area contributed by atoms with Crippen LogP contribution < -0.4 is 5.48 Å².